The van der Waals surface area contributed by atoms with Gasteiger partial charge < -0.3 is 4.74 Å². The predicted molar refractivity (Wildman–Crippen MR) is 83.7 cm³/mol. The molecule has 1 atom stereocenters. The van der Waals surface area contributed by atoms with Crippen molar-refractivity contribution in [1.29, 1.82) is 0 Å². The van der Waals surface area contributed by atoms with Crippen molar-refractivity contribution in [2.75, 3.05) is 7.11 Å². The van der Waals surface area contributed by atoms with Crippen molar-refractivity contribution in [2.45, 2.75) is 12.5 Å². The summed E-state index contributed by atoms with van der Waals surface area (Å²) >= 11 is 9.42. The van der Waals surface area contributed by atoms with Gasteiger partial charge in [0.1, 0.15) is 5.75 Å². The van der Waals surface area contributed by atoms with E-state index in [-0.39, 0.29) is 6.04 Å². The number of nitrogens with two attached hydrogens (primary N) is 1. The highest BCUT2D eigenvalue weighted by molar-refractivity contribution is 9.10. The Hall–Kier alpha value is -1.14. The van der Waals surface area contributed by atoms with Gasteiger partial charge in [0.2, 0.25) is 0 Å². The highest BCUT2D eigenvalue weighted by atomic mass is 79.9. The number of nitrogens with zero attached hydrogens (tertiary/aromatic N) is 1. The highest BCUT2D eigenvalue weighted by Gasteiger charge is 2.16. The Morgan fingerprint density at radius 2 is 2.20 bits per heavy atom. The minimum atomic E-state index is -0.127. The zero-order chi connectivity index (χ0) is 14.5. The maximum absolute atomic E-state index is 6.05. The molecule has 0 spiro atoms. The molecule has 1 unspecified atom stereocenters. The molecule has 0 aliphatic heterocycles. The first-order valence-corrected chi connectivity index (χ1v) is 7.21. The Labute approximate surface area is 131 Å². The van der Waals surface area contributed by atoms with E-state index in [4.69, 9.17) is 22.2 Å². The van der Waals surface area contributed by atoms with Gasteiger partial charge in [0.15, 0.2) is 0 Å². The molecule has 1 aromatic carbocycles. The Morgan fingerprint density at radius 1 is 1.40 bits per heavy atom. The average Bonchev–Trinajstić information content (AvgIpc) is 2.46. The van der Waals surface area contributed by atoms with Crippen molar-refractivity contribution in [3.05, 3.63) is 57.3 Å². The molecule has 0 bridgehead atoms. The molecular weight excluding hydrogens is 342 g/mol. The van der Waals surface area contributed by atoms with E-state index in [1.807, 2.05) is 24.3 Å². The number of aromatic nitrogens is 1. The van der Waals surface area contributed by atoms with Gasteiger partial charge in [-0.15, -0.1) is 0 Å². The molecule has 20 heavy (non-hydrogen) atoms. The van der Waals surface area contributed by atoms with Crippen LogP contribution < -0.4 is 16.0 Å². The Bertz CT molecular complexity index is 577. The number of benzene rings is 1. The van der Waals surface area contributed by atoms with Gasteiger partial charge in [-0.1, -0.05) is 11.6 Å². The normalized spacial score (nSPS) is 12.2. The molecule has 0 amide bonds. The van der Waals surface area contributed by atoms with Crippen molar-refractivity contribution >= 4 is 27.5 Å². The summed E-state index contributed by atoms with van der Waals surface area (Å²) in [4.78, 5) is 4.35. The molecule has 4 nitrogen and oxygen atoms in total. The fourth-order valence-electron chi connectivity index (χ4n) is 1.97. The molecular formula is C14H15BrClN3O. The number of ether oxygens (including phenoxy) is 1. The Kier molecular flexibility index (Phi) is 5.37. The van der Waals surface area contributed by atoms with Crippen LogP contribution in [0.4, 0.5) is 0 Å². The van der Waals surface area contributed by atoms with E-state index in [1.54, 1.807) is 19.4 Å². The van der Waals surface area contributed by atoms with Crippen LogP contribution in [-0.2, 0) is 6.42 Å². The quantitative estimate of drug-likeness (QED) is 0.638. The van der Waals surface area contributed by atoms with Crippen LogP contribution in [0.2, 0.25) is 5.02 Å². The SMILES string of the molecule is COc1ccc(Cl)cc1C(Cc1ccc(Br)cn1)NN. The van der Waals surface area contributed by atoms with Crippen LogP contribution in [0.5, 0.6) is 5.75 Å². The van der Waals surface area contributed by atoms with Gasteiger partial charge in [0, 0.05) is 33.4 Å². The van der Waals surface area contributed by atoms with Gasteiger partial charge in [-0.3, -0.25) is 16.3 Å². The second-order valence-corrected chi connectivity index (χ2v) is 5.63. The molecule has 2 aromatic rings. The van der Waals surface area contributed by atoms with Crippen LogP contribution >= 0.6 is 27.5 Å². The van der Waals surface area contributed by atoms with Crippen molar-refractivity contribution in [3.63, 3.8) is 0 Å². The van der Waals surface area contributed by atoms with Gasteiger partial charge in [0.05, 0.1) is 13.2 Å². The largest absolute Gasteiger partial charge is 0.496 e. The van der Waals surface area contributed by atoms with Crippen LogP contribution in [0.1, 0.15) is 17.3 Å². The zero-order valence-corrected chi connectivity index (χ0v) is 13.3. The molecule has 0 radical (unpaired) electrons. The topological polar surface area (TPSA) is 60.2 Å². The van der Waals surface area contributed by atoms with E-state index in [2.05, 4.69) is 26.3 Å². The molecule has 2 rings (SSSR count). The Balaban J connectivity index is 2.28. The van der Waals surface area contributed by atoms with Crippen molar-refractivity contribution in [1.82, 2.24) is 10.4 Å². The van der Waals surface area contributed by atoms with Gasteiger partial charge in [0.25, 0.3) is 0 Å². The van der Waals surface area contributed by atoms with Gasteiger partial charge >= 0.3 is 0 Å². The first-order chi connectivity index (χ1) is 9.63. The maximum atomic E-state index is 6.05. The molecule has 1 aromatic heterocycles. The van der Waals surface area contributed by atoms with Gasteiger partial charge in [-0.25, -0.2) is 0 Å². The highest BCUT2D eigenvalue weighted by Crippen LogP contribution is 2.29. The van der Waals surface area contributed by atoms with E-state index in [0.29, 0.717) is 11.4 Å². The van der Waals surface area contributed by atoms with E-state index < -0.39 is 0 Å². The molecule has 0 aliphatic rings. The lowest BCUT2D eigenvalue weighted by atomic mass is 10.0. The van der Waals surface area contributed by atoms with Gasteiger partial charge in [-0.2, -0.15) is 0 Å². The summed E-state index contributed by atoms with van der Waals surface area (Å²) < 4.78 is 6.30. The zero-order valence-electron chi connectivity index (χ0n) is 10.9. The molecule has 0 saturated heterocycles. The summed E-state index contributed by atoms with van der Waals surface area (Å²) in [6, 6.07) is 9.24. The Morgan fingerprint density at radius 3 is 2.80 bits per heavy atom. The smallest absolute Gasteiger partial charge is 0.123 e. The number of hydrazine groups is 1. The second-order valence-electron chi connectivity index (χ2n) is 4.28. The van der Waals surface area contributed by atoms with Crippen molar-refractivity contribution in [3.8, 4) is 5.75 Å². The number of rotatable bonds is 5. The lowest BCUT2D eigenvalue weighted by Crippen LogP contribution is -2.30. The van der Waals surface area contributed by atoms with E-state index >= 15 is 0 Å². The van der Waals surface area contributed by atoms with E-state index in [9.17, 15) is 0 Å². The molecule has 106 valence electrons. The number of halogens is 2. The summed E-state index contributed by atoms with van der Waals surface area (Å²) in [5.41, 5.74) is 4.63. The first kappa shape index (κ1) is 15.3. The number of hydrogen-bond acceptors (Lipinski definition) is 4. The molecule has 1 heterocycles. The minimum Gasteiger partial charge on any atom is -0.496 e. The predicted octanol–water partition coefficient (Wildman–Crippen LogP) is 3.25. The molecule has 0 aliphatic carbocycles. The fourth-order valence-corrected chi connectivity index (χ4v) is 2.39. The molecule has 6 heteroatoms. The molecule has 0 fully saturated rings. The van der Waals surface area contributed by atoms with Crippen LogP contribution in [0, 0.1) is 0 Å². The van der Waals surface area contributed by atoms with Gasteiger partial charge in [-0.05, 0) is 46.3 Å². The first-order valence-electron chi connectivity index (χ1n) is 6.04. The lowest BCUT2D eigenvalue weighted by molar-refractivity contribution is 0.398. The summed E-state index contributed by atoms with van der Waals surface area (Å²) in [6.07, 6.45) is 2.40. The summed E-state index contributed by atoms with van der Waals surface area (Å²) in [6.45, 7) is 0. The number of hydrogen-bond donors (Lipinski definition) is 2. The number of nitrogens with one attached hydrogen (secondary N) is 1. The fraction of sp³-hybridized carbons (Fsp3) is 0.214. The van der Waals surface area contributed by atoms with Crippen molar-refractivity contribution < 1.29 is 4.74 Å². The summed E-state index contributed by atoms with van der Waals surface area (Å²) in [5.74, 6) is 6.42. The van der Waals surface area contributed by atoms with E-state index in [1.165, 1.54) is 0 Å². The molecule has 3 N–H and O–H groups in total. The third kappa shape index (κ3) is 3.70. The number of pyridine rings is 1. The summed E-state index contributed by atoms with van der Waals surface area (Å²) in [7, 11) is 1.62. The average molecular weight is 357 g/mol. The maximum Gasteiger partial charge on any atom is 0.123 e. The van der Waals surface area contributed by atoms with Crippen LogP contribution in [0.15, 0.2) is 41.0 Å². The monoisotopic (exact) mass is 355 g/mol. The second kappa shape index (κ2) is 7.04. The van der Waals surface area contributed by atoms with Crippen molar-refractivity contribution in [2.24, 2.45) is 5.84 Å². The van der Waals surface area contributed by atoms with Crippen LogP contribution in [0.3, 0.4) is 0 Å². The van der Waals surface area contributed by atoms with E-state index in [0.717, 1.165) is 21.5 Å². The summed E-state index contributed by atoms with van der Waals surface area (Å²) in [5, 5.41) is 0.643. The third-order valence-corrected chi connectivity index (χ3v) is 3.67. The van der Waals surface area contributed by atoms with Crippen LogP contribution in [-0.4, -0.2) is 12.1 Å². The number of methoxy groups -OCH3 is 1. The lowest BCUT2D eigenvalue weighted by Gasteiger charge is -2.19. The standard InChI is InChI=1S/C14H15BrClN3O/c1-20-14-5-3-10(16)6-12(14)13(19-17)7-11-4-2-9(15)8-18-11/h2-6,8,13,19H,7,17H2,1H3. The minimum absolute atomic E-state index is 0.127. The van der Waals surface area contributed by atoms with Crippen LogP contribution in [0.25, 0.3) is 0 Å². The third-order valence-electron chi connectivity index (χ3n) is 2.97. The molecule has 0 saturated carbocycles.